The highest BCUT2D eigenvalue weighted by Crippen LogP contribution is 2.31. The van der Waals surface area contributed by atoms with Gasteiger partial charge in [0.15, 0.2) is 5.65 Å². The second kappa shape index (κ2) is 9.25. The maximum Gasteiger partial charge on any atom is 0.409 e. The molecule has 1 aliphatic rings. The SMILES string of the molecule is CCOC(=O)N1CCN(C(=O)Cn2nc(C)c3c(-c4ccc(OC)cc4)ccnc32)CC1. The summed E-state index contributed by atoms with van der Waals surface area (Å²) in [6, 6.07) is 9.79. The molecule has 0 unspecified atom stereocenters. The Labute approximate surface area is 186 Å². The van der Waals surface area contributed by atoms with Gasteiger partial charge in [-0.2, -0.15) is 5.10 Å². The number of amides is 2. The number of fused-ring (bicyclic) bond motifs is 1. The van der Waals surface area contributed by atoms with Crippen LogP contribution in [-0.2, 0) is 16.1 Å². The molecule has 0 bridgehead atoms. The summed E-state index contributed by atoms with van der Waals surface area (Å²) in [6.45, 7) is 6.02. The predicted molar refractivity (Wildman–Crippen MR) is 119 cm³/mol. The third-order valence-electron chi connectivity index (χ3n) is 5.65. The zero-order chi connectivity index (χ0) is 22.7. The molecule has 0 aliphatic carbocycles. The first-order valence-electron chi connectivity index (χ1n) is 10.7. The molecule has 3 aromatic rings. The van der Waals surface area contributed by atoms with Gasteiger partial charge < -0.3 is 19.3 Å². The maximum atomic E-state index is 12.9. The summed E-state index contributed by atoms with van der Waals surface area (Å²) in [6.07, 6.45) is 1.41. The number of hydrogen-bond acceptors (Lipinski definition) is 6. The predicted octanol–water partition coefficient (Wildman–Crippen LogP) is 2.72. The van der Waals surface area contributed by atoms with E-state index in [0.29, 0.717) is 38.4 Å². The molecule has 0 spiro atoms. The average Bonchev–Trinajstić information content (AvgIpc) is 3.14. The van der Waals surface area contributed by atoms with Gasteiger partial charge in [0.05, 0.1) is 19.4 Å². The molecule has 0 N–H and O–H groups in total. The van der Waals surface area contributed by atoms with E-state index < -0.39 is 0 Å². The minimum Gasteiger partial charge on any atom is -0.497 e. The molecule has 2 amide bonds. The number of rotatable bonds is 5. The van der Waals surface area contributed by atoms with Gasteiger partial charge in [-0.1, -0.05) is 12.1 Å². The number of methoxy groups -OCH3 is 1. The van der Waals surface area contributed by atoms with Gasteiger partial charge in [0.25, 0.3) is 0 Å². The van der Waals surface area contributed by atoms with Crippen LogP contribution < -0.4 is 4.74 Å². The van der Waals surface area contributed by atoms with Gasteiger partial charge in [0, 0.05) is 37.8 Å². The fourth-order valence-electron chi connectivity index (χ4n) is 3.98. The second-order valence-corrected chi connectivity index (χ2v) is 7.60. The summed E-state index contributed by atoms with van der Waals surface area (Å²) in [4.78, 5) is 32.7. The van der Waals surface area contributed by atoms with Gasteiger partial charge in [-0.25, -0.2) is 14.5 Å². The first kappa shape index (κ1) is 21.6. The van der Waals surface area contributed by atoms with Crippen molar-refractivity contribution in [3.8, 4) is 16.9 Å². The third kappa shape index (κ3) is 4.23. The van der Waals surface area contributed by atoms with E-state index in [0.717, 1.165) is 28.0 Å². The van der Waals surface area contributed by atoms with Crippen LogP contribution in [0.5, 0.6) is 5.75 Å². The normalized spacial score (nSPS) is 14.0. The van der Waals surface area contributed by atoms with E-state index >= 15 is 0 Å². The zero-order valence-electron chi connectivity index (χ0n) is 18.6. The lowest BCUT2D eigenvalue weighted by Gasteiger charge is -2.34. The maximum absolute atomic E-state index is 12.9. The van der Waals surface area contributed by atoms with Gasteiger partial charge >= 0.3 is 6.09 Å². The van der Waals surface area contributed by atoms with Crippen LogP contribution in [0.1, 0.15) is 12.6 Å². The molecule has 1 saturated heterocycles. The molecule has 9 nitrogen and oxygen atoms in total. The summed E-state index contributed by atoms with van der Waals surface area (Å²) < 4.78 is 12.0. The van der Waals surface area contributed by atoms with Crippen molar-refractivity contribution in [1.82, 2.24) is 24.6 Å². The molecule has 0 saturated carbocycles. The number of piperazine rings is 1. The quantitative estimate of drug-likeness (QED) is 0.610. The number of aryl methyl sites for hydroxylation is 1. The van der Waals surface area contributed by atoms with Crippen LogP contribution in [0.2, 0.25) is 0 Å². The Bertz CT molecular complexity index is 1120. The molecule has 0 atom stereocenters. The Balaban J connectivity index is 1.52. The second-order valence-electron chi connectivity index (χ2n) is 7.60. The fraction of sp³-hybridized carbons (Fsp3) is 0.391. The summed E-state index contributed by atoms with van der Waals surface area (Å²) in [5.41, 5.74) is 3.53. The van der Waals surface area contributed by atoms with Gasteiger partial charge in [-0.15, -0.1) is 0 Å². The van der Waals surface area contributed by atoms with Crippen LogP contribution in [0, 0.1) is 6.92 Å². The molecule has 3 heterocycles. The number of aromatic nitrogens is 3. The van der Waals surface area contributed by atoms with Crippen LogP contribution in [0.3, 0.4) is 0 Å². The summed E-state index contributed by atoms with van der Waals surface area (Å²) in [5.74, 6) is 0.745. The largest absolute Gasteiger partial charge is 0.497 e. The van der Waals surface area contributed by atoms with Gasteiger partial charge in [0.2, 0.25) is 5.91 Å². The minimum atomic E-state index is -0.330. The van der Waals surface area contributed by atoms with E-state index in [4.69, 9.17) is 9.47 Å². The molecule has 1 aromatic carbocycles. The van der Waals surface area contributed by atoms with Gasteiger partial charge in [-0.3, -0.25) is 4.79 Å². The molecular weight excluding hydrogens is 410 g/mol. The Morgan fingerprint density at radius 1 is 1.03 bits per heavy atom. The van der Waals surface area contributed by atoms with Gasteiger partial charge in [-0.05, 0) is 43.2 Å². The highest BCUT2D eigenvalue weighted by molar-refractivity contribution is 5.95. The Kier molecular flexibility index (Phi) is 6.25. The van der Waals surface area contributed by atoms with Crippen molar-refractivity contribution in [2.24, 2.45) is 0 Å². The van der Waals surface area contributed by atoms with E-state index in [1.54, 1.807) is 34.7 Å². The van der Waals surface area contributed by atoms with Crippen LogP contribution in [0.15, 0.2) is 36.5 Å². The molecule has 4 rings (SSSR count). The molecule has 168 valence electrons. The molecular formula is C23H27N5O4. The van der Waals surface area contributed by atoms with Crippen molar-refractivity contribution in [2.45, 2.75) is 20.4 Å². The number of benzene rings is 1. The number of nitrogens with zero attached hydrogens (tertiary/aromatic N) is 5. The number of pyridine rings is 1. The van der Waals surface area contributed by atoms with Crippen LogP contribution in [-0.4, -0.2) is 76.5 Å². The summed E-state index contributed by atoms with van der Waals surface area (Å²) >= 11 is 0. The highest BCUT2D eigenvalue weighted by Gasteiger charge is 2.26. The van der Waals surface area contributed by atoms with E-state index in [2.05, 4.69) is 10.1 Å². The molecule has 32 heavy (non-hydrogen) atoms. The molecule has 0 radical (unpaired) electrons. The monoisotopic (exact) mass is 437 g/mol. The Morgan fingerprint density at radius 2 is 1.72 bits per heavy atom. The van der Waals surface area contributed by atoms with Crippen molar-refractivity contribution >= 4 is 23.0 Å². The van der Waals surface area contributed by atoms with Crippen molar-refractivity contribution in [3.63, 3.8) is 0 Å². The van der Waals surface area contributed by atoms with Gasteiger partial charge in [0.1, 0.15) is 12.3 Å². The lowest BCUT2D eigenvalue weighted by molar-refractivity contribution is -0.133. The Hall–Kier alpha value is -3.62. The van der Waals surface area contributed by atoms with Crippen molar-refractivity contribution in [2.75, 3.05) is 39.9 Å². The number of carbonyl (C=O) groups is 2. The van der Waals surface area contributed by atoms with Crippen LogP contribution in [0.25, 0.3) is 22.2 Å². The molecule has 1 aliphatic heterocycles. The molecule has 2 aromatic heterocycles. The number of hydrogen-bond donors (Lipinski definition) is 0. The summed E-state index contributed by atoms with van der Waals surface area (Å²) in [7, 11) is 1.64. The minimum absolute atomic E-state index is 0.0467. The standard InChI is InChI=1S/C23H27N5O4/c1-4-32-23(30)27-13-11-26(12-14-27)20(29)15-28-22-21(16(2)25-28)19(9-10-24-22)17-5-7-18(31-3)8-6-17/h5-10H,4,11-15H2,1-3H3. The van der Waals surface area contributed by atoms with Crippen molar-refractivity contribution in [1.29, 1.82) is 0 Å². The van der Waals surface area contributed by atoms with Crippen molar-refractivity contribution < 1.29 is 19.1 Å². The van der Waals surface area contributed by atoms with E-state index in [1.165, 1.54) is 0 Å². The average molecular weight is 438 g/mol. The first-order chi connectivity index (χ1) is 15.5. The third-order valence-corrected chi connectivity index (χ3v) is 5.65. The summed E-state index contributed by atoms with van der Waals surface area (Å²) in [5, 5.41) is 5.54. The number of ether oxygens (including phenoxy) is 2. The topological polar surface area (TPSA) is 89.8 Å². The Morgan fingerprint density at radius 3 is 2.38 bits per heavy atom. The van der Waals surface area contributed by atoms with E-state index in [1.807, 2.05) is 37.3 Å². The van der Waals surface area contributed by atoms with E-state index in [-0.39, 0.29) is 18.5 Å². The van der Waals surface area contributed by atoms with E-state index in [9.17, 15) is 9.59 Å². The number of carbonyl (C=O) groups excluding carboxylic acids is 2. The fourth-order valence-corrected chi connectivity index (χ4v) is 3.98. The highest BCUT2D eigenvalue weighted by atomic mass is 16.6. The first-order valence-corrected chi connectivity index (χ1v) is 10.7. The van der Waals surface area contributed by atoms with Crippen molar-refractivity contribution in [3.05, 3.63) is 42.2 Å². The van der Waals surface area contributed by atoms with Crippen LogP contribution >= 0.6 is 0 Å². The zero-order valence-corrected chi connectivity index (χ0v) is 18.6. The molecule has 1 fully saturated rings. The molecule has 9 heteroatoms. The van der Waals surface area contributed by atoms with Crippen LogP contribution in [0.4, 0.5) is 4.79 Å². The lowest BCUT2D eigenvalue weighted by atomic mass is 10.0. The smallest absolute Gasteiger partial charge is 0.409 e. The lowest BCUT2D eigenvalue weighted by Crippen LogP contribution is -2.51.